The third-order valence-electron chi connectivity index (χ3n) is 4.82. The molecule has 1 heterocycles. The van der Waals surface area contributed by atoms with Gasteiger partial charge >= 0.3 is 0 Å². The van der Waals surface area contributed by atoms with Gasteiger partial charge in [0.2, 0.25) is 0 Å². The number of carbonyl (C=O) groups is 2. The Labute approximate surface area is 148 Å². The van der Waals surface area contributed by atoms with E-state index < -0.39 is 0 Å². The van der Waals surface area contributed by atoms with Gasteiger partial charge < -0.3 is 5.32 Å². The normalized spacial score (nSPS) is 17.4. The molecule has 0 unspecified atom stereocenters. The molecule has 0 spiro atoms. The molecule has 4 nitrogen and oxygen atoms in total. The van der Waals surface area contributed by atoms with Crippen LogP contribution in [0.15, 0.2) is 48.5 Å². The summed E-state index contributed by atoms with van der Waals surface area (Å²) in [6, 6.07) is 15.4. The summed E-state index contributed by atoms with van der Waals surface area (Å²) in [4.78, 5) is 26.3. The van der Waals surface area contributed by atoms with Gasteiger partial charge in [0.25, 0.3) is 5.91 Å². The summed E-state index contributed by atoms with van der Waals surface area (Å²) in [6.45, 7) is 5.87. The van der Waals surface area contributed by atoms with Crippen molar-refractivity contribution in [1.29, 1.82) is 0 Å². The fraction of sp³-hybridized carbons (Fsp3) is 0.333. The van der Waals surface area contributed by atoms with E-state index in [0.29, 0.717) is 22.9 Å². The van der Waals surface area contributed by atoms with Gasteiger partial charge in [0.05, 0.1) is 0 Å². The maximum absolute atomic E-state index is 12.4. The van der Waals surface area contributed by atoms with Gasteiger partial charge in [-0.3, -0.25) is 14.5 Å². The molecule has 1 fully saturated rings. The Morgan fingerprint density at radius 2 is 1.88 bits per heavy atom. The lowest BCUT2D eigenvalue weighted by molar-refractivity contribution is 0.101. The monoisotopic (exact) mass is 336 g/mol. The van der Waals surface area contributed by atoms with E-state index >= 15 is 0 Å². The van der Waals surface area contributed by atoms with Gasteiger partial charge in [-0.1, -0.05) is 24.3 Å². The van der Waals surface area contributed by atoms with Crippen LogP contribution >= 0.6 is 0 Å². The molecular weight excluding hydrogens is 312 g/mol. The Hall–Kier alpha value is -2.46. The molecule has 4 heteroatoms. The number of ketones is 1. The zero-order chi connectivity index (χ0) is 17.8. The van der Waals surface area contributed by atoms with Crippen LogP contribution in [-0.2, 0) is 6.54 Å². The van der Waals surface area contributed by atoms with Gasteiger partial charge in [0.15, 0.2) is 5.78 Å². The minimum Gasteiger partial charge on any atom is -0.322 e. The molecule has 3 rings (SSSR count). The number of Topliss-reactive ketones (excluding diaryl/α,β-unsaturated/α-hetero) is 1. The standard InChI is InChI=1S/C21H24N2O2/c1-15-5-4-12-23(15)14-17-8-10-18(11-9-17)21(25)22-20-7-3-6-19(13-20)16(2)24/h3,6-11,13,15H,4-5,12,14H2,1-2H3,(H,22,25)/t15-/m1/s1. The first-order valence-corrected chi connectivity index (χ1v) is 8.78. The SMILES string of the molecule is CC(=O)c1cccc(NC(=O)c2ccc(CN3CCC[C@H]3C)cc2)c1. The van der Waals surface area contributed by atoms with E-state index in [1.54, 1.807) is 24.3 Å². The van der Waals surface area contributed by atoms with E-state index in [1.165, 1.54) is 25.3 Å². The minimum atomic E-state index is -0.165. The number of likely N-dealkylation sites (tertiary alicyclic amines) is 1. The largest absolute Gasteiger partial charge is 0.322 e. The topological polar surface area (TPSA) is 49.4 Å². The molecule has 1 aliphatic heterocycles. The maximum atomic E-state index is 12.4. The van der Waals surface area contributed by atoms with Crippen molar-refractivity contribution >= 4 is 17.4 Å². The Morgan fingerprint density at radius 3 is 2.52 bits per heavy atom. The lowest BCUT2D eigenvalue weighted by atomic mass is 10.1. The number of carbonyl (C=O) groups excluding carboxylic acids is 2. The van der Waals surface area contributed by atoms with Crippen LogP contribution in [0.4, 0.5) is 5.69 Å². The molecule has 1 N–H and O–H groups in total. The lowest BCUT2D eigenvalue weighted by Gasteiger charge is -2.20. The zero-order valence-corrected chi connectivity index (χ0v) is 14.8. The Morgan fingerprint density at radius 1 is 1.12 bits per heavy atom. The predicted molar refractivity (Wildman–Crippen MR) is 99.9 cm³/mol. The Balaban J connectivity index is 1.64. The number of anilines is 1. The Kier molecular flexibility index (Phi) is 5.29. The van der Waals surface area contributed by atoms with E-state index in [-0.39, 0.29) is 11.7 Å². The van der Waals surface area contributed by atoms with Gasteiger partial charge in [0.1, 0.15) is 0 Å². The highest BCUT2D eigenvalue weighted by Crippen LogP contribution is 2.20. The molecule has 0 saturated carbocycles. The highest BCUT2D eigenvalue weighted by Gasteiger charge is 2.20. The molecule has 0 aromatic heterocycles. The summed E-state index contributed by atoms with van der Waals surface area (Å²) in [5.74, 6) is -0.182. The molecule has 1 atom stereocenters. The average molecular weight is 336 g/mol. The second-order valence-electron chi connectivity index (χ2n) is 6.75. The highest BCUT2D eigenvalue weighted by atomic mass is 16.1. The number of hydrogen-bond acceptors (Lipinski definition) is 3. The van der Waals surface area contributed by atoms with E-state index in [2.05, 4.69) is 17.1 Å². The van der Waals surface area contributed by atoms with Crippen LogP contribution in [0, 0.1) is 0 Å². The van der Waals surface area contributed by atoms with Crippen LogP contribution in [0.3, 0.4) is 0 Å². The fourth-order valence-electron chi connectivity index (χ4n) is 3.24. The molecule has 1 aliphatic rings. The number of rotatable bonds is 5. The van der Waals surface area contributed by atoms with Gasteiger partial charge in [-0.15, -0.1) is 0 Å². The summed E-state index contributed by atoms with van der Waals surface area (Å²) >= 11 is 0. The minimum absolute atomic E-state index is 0.0170. The lowest BCUT2D eigenvalue weighted by Crippen LogP contribution is -2.26. The first-order valence-electron chi connectivity index (χ1n) is 8.78. The summed E-state index contributed by atoms with van der Waals surface area (Å²) in [5, 5.41) is 2.85. The molecule has 1 saturated heterocycles. The number of nitrogens with one attached hydrogen (secondary N) is 1. The number of benzene rings is 2. The van der Waals surface area contributed by atoms with Crippen molar-refractivity contribution in [3.05, 3.63) is 65.2 Å². The molecule has 0 bridgehead atoms. The molecule has 0 aliphatic carbocycles. The van der Waals surface area contributed by atoms with Crippen molar-refractivity contribution in [3.63, 3.8) is 0 Å². The zero-order valence-electron chi connectivity index (χ0n) is 14.8. The quantitative estimate of drug-likeness (QED) is 0.835. The maximum Gasteiger partial charge on any atom is 0.255 e. The smallest absolute Gasteiger partial charge is 0.255 e. The summed E-state index contributed by atoms with van der Waals surface area (Å²) in [5.41, 5.74) is 3.07. The number of amides is 1. The first-order chi connectivity index (χ1) is 12.0. The van der Waals surface area contributed by atoms with Gasteiger partial charge in [-0.05, 0) is 63.1 Å². The molecule has 1 amide bonds. The summed E-state index contributed by atoms with van der Waals surface area (Å²) in [7, 11) is 0. The van der Waals surface area contributed by atoms with E-state index in [4.69, 9.17) is 0 Å². The van der Waals surface area contributed by atoms with Gasteiger partial charge in [0, 0.05) is 29.4 Å². The third kappa shape index (κ3) is 4.34. The van der Waals surface area contributed by atoms with Crippen molar-refractivity contribution in [2.24, 2.45) is 0 Å². The van der Waals surface area contributed by atoms with Crippen molar-refractivity contribution in [2.45, 2.75) is 39.3 Å². The van der Waals surface area contributed by atoms with E-state index in [0.717, 1.165) is 13.1 Å². The van der Waals surface area contributed by atoms with Crippen molar-refractivity contribution < 1.29 is 9.59 Å². The molecule has 0 radical (unpaired) electrons. The van der Waals surface area contributed by atoms with E-state index in [9.17, 15) is 9.59 Å². The van der Waals surface area contributed by atoms with Crippen LogP contribution in [0.5, 0.6) is 0 Å². The predicted octanol–water partition coefficient (Wildman–Crippen LogP) is 4.13. The van der Waals surface area contributed by atoms with E-state index in [1.807, 2.05) is 24.3 Å². The number of nitrogens with zero attached hydrogens (tertiary/aromatic N) is 1. The van der Waals surface area contributed by atoms with Crippen LogP contribution in [-0.4, -0.2) is 29.2 Å². The average Bonchev–Trinajstić information content (AvgIpc) is 3.00. The van der Waals surface area contributed by atoms with Gasteiger partial charge in [-0.2, -0.15) is 0 Å². The molecular formula is C21H24N2O2. The summed E-state index contributed by atoms with van der Waals surface area (Å²) < 4.78 is 0. The van der Waals surface area contributed by atoms with Crippen molar-refractivity contribution in [2.75, 3.05) is 11.9 Å². The fourth-order valence-corrected chi connectivity index (χ4v) is 3.24. The van der Waals surface area contributed by atoms with Crippen LogP contribution in [0.25, 0.3) is 0 Å². The molecule has 25 heavy (non-hydrogen) atoms. The van der Waals surface area contributed by atoms with Crippen LogP contribution in [0.2, 0.25) is 0 Å². The molecule has 2 aromatic carbocycles. The van der Waals surface area contributed by atoms with Gasteiger partial charge in [-0.25, -0.2) is 0 Å². The van der Waals surface area contributed by atoms with Crippen molar-refractivity contribution in [1.82, 2.24) is 4.90 Å². The Bertz CT molecular complexity index is 768. The van der Waals surface area contributed by atoms with Crippen LogP contribution in [0.1, 0.15) is 53.0 Å². The number of hydrogen-bond donors (Lipinski definition) is 1. The molecule has 130 valence electrons. The third-order valence-corrected chi connectivity index (χ3v) is 4.82. The highest BCUT2D eigenvalue weighted by molar-refractivity contribution is 6.05. The van der Waals surface area contributed by atoms with Crippen LogP contribution < -0.4 is 5.32 Å². The second kappa shape index (κ2) is 7.62. The summed E-state index contributed by atoms with van der Waals surface area (Å²) in [6.07, 6.45) is 2.53. The second-order valence-corrected chi connectivity index (χ2v) is 6.75. The van der Waals surface area contributed by atoms with Crippen molar-refractivity contribution in [3.8, 4) is 0 Å². The molecule has 2 aromatic rings. The first kappa shape index (κ1) is 17.4.